The fourth-order valence-electron chi connectivity index (χ4n) is 6.12. The van der Waals surface area contributed by atoms with Crippen molar-refractivity contribution in [1.82, 2.24) is 4.98 Å². The van der Waals surface area contributed by atoms with E-state index >= 15 is 0 Å². The first-order chi connectivity index (χ1) is 25.6. The Balaban J connectivity index is 1.41. The van der Waals surface area contributed by atoms with Crippen LogP contribution in [0.1, 0.15) is 11.1 Å². The van der Waals surface area contributed by atoms with E-state index in [9.17, 15) is 21.0 Å². The molecule has 0 saturated carbocycles. The molecule has 6 aromatic carbocycles. The summed E-state index contributed by atoms with van der Waals surface area (Å²) in [4.78, 5) is 6.96. The lowest BCUT2D eigenvalue weighted by molar-refractivity contribution is 1.28. The Hall–Kier alpha value is -7.55. The van der Waals surface area contributed by atoms with Gasteiger partial charge in [-0.2, -0.15) is 21.0 Å². The van der Waals surface area contributed by atoms with Gasteiger partial charge in [0.25, 0.3) is 0 Å². The molecule has 0 bridgehead atoms. The zero-order valence-electron chi connectivity index (χ0n) is 27.6. The third kappa shape index (κ3) is 6.56. The highest BCUT2D eigenvalue weighted by atomic mass is 32.1. The van der Waals surface area contributed by atoms with Crippen LogP contribution >= 0.6 is 11.3 Å². The lowest BCUT2D eigenvalue weighted by atomic mass is 9.87. The number of nitrogens with zero attached hydrogens (tertiary/aromatic N) is 6. The van der Waals surface area contributed by atoms with Crippen molar-refractivity contribution in [3.63, 3.8) is 0 Å². The molecule has 7 rings (SSSR count). The SMILES string of the molecule is N#CC(C#N)=C(C(c1ccc(N(c2ccccc2)c2ccccc2)cc1)=c1ccc(=C(C#N)C#N)cc1)c1ccc(-c2nc3ccccc3s2)cc1. The van der Waals surface area contributed by atoms with Crippen LogP contribution in [0, 0.1) is 45.3 Å². The van der Waals surface area contributed by atoms with Gasteiger partial charge >= 0.3 is 0 Å². The summed E-state index contributed by atoms with van der Waals surface area (Å²) >= 11 is 1.60. The monoisotopic (exact) mass is 682 g/mol. The van der Waals surface area contributed by atoms with E-state index in [0.717, 1.165) is 43.4 Å². The number of rotatable bonds is 7. The molecule has 7 heteroatoms. The zero-order chi connectivity index (χ0) is 35.9. The first-order valence-electron chi connectivity index (χ1n) is 16.3. The molecule has 0 aliphatic heterocycles. The van der Waals surface area contributed by atoms with Crippen molar-refractivity contribution in [3.05, 3.63) is 185 Å². The second-order valence-electron chi connectivity index (χ2n) is 11.6. The van der Waals surface area contributed by atoms with E-state index in [1.165, 1.54) is 0 Å². The van der Waals surface area contributed by atoms with Crippen LogP contribution in [-0.4, -0.2) is 4.98 Å². The predicted octanol–water partition coefficient (Wildman–Crippen LogP) is 9.33. The smallest absolute Gasteiger partial charge is 0.138 e. The molecule has 1 aromatic heterocycles. The van der Waals surface area contributed by atoms with Gasteiger partial charge in [-0.15, -0.1) is 11.3 Å². The average molecular weight is 683 g/mol. The molecule has 0 amide bonds. The first-order valence-corrected chi connectivity index (χ1v) is 17.1. The van der Waals surface area contributed by atoms with Crippen molar-refractivity contribution < 1.29 is 0 Å². The Kier molecular flexibility index (Phi) is 9.46. The van der Waals surface area contributed by atoms with Crippen LogP contribution < -0.4 is 15.3 Å². The molecule has 0 N–H and O–H groups in total. The molecule has 7 aromatic rings. The van der Waals surface area contributed by atoms with Crippen molar-refractivity contribution >= 4 is 55.3 Å². The minimum Gasteiger partial charge on any atom is -0.311 e. The number of allylic oxidation sites excluding steroid dienone is 2. The zero-order valence-corrected chi connectivity index (χ0v) is 28.4. The van der Waals surface area contributed by atoms with E-state index in [4.69, 9.17) is 4.98 Å². The van der Waals surface area contributed by atoms with Crippen LogP contribution in [0.25, 0.3) is 37.5 Å². The standard InChI is InChI=1S/C45H26N6S/c46-27-36(28-47)31-15-17-32(18-16-31)43(34-23-25-40(26-24-34)51(38-9-3-1-4-10-38)39-11-5-2-6-12-39)44(37(29-48)30-49)33-19-21-35(22-20-33)45-50-41-13-7-8-14-42(41)52-45/h1-26H. The molecule has 0 fully saturated rings. The molecule has 6 nitrogen and oxygen atoms in total. The molecule has 242 valence electrons. The van der Waals surface area contributed by atoms with Gasteiger partial charge in [0, 0.05) is 33.4 Å². The van der Waals surface area contributed by atoms with Gasteiger partial charge in [-0.1, -0.05) is 109 Å². The number of anilines is 3. The number of thiazole rings is 1. The maximum Gasteiger partial charge on any atom is 0.138 e. The van der Waals surface area contributed by atoms with Crippen molar-refractivity contribution in [2.24, 2.45) is 0 Å². The third-order valence-corrected chi connectivity index (χ3v) is 9.65. The maximum absolute atomic E-state index is 10.3. The Morgan fingerprint density at radius 1 is 0.500 bits per heavy atom. The number of hydrogen-bond donors (Lipinski definition) is 0. The fourth-order valence-corrected chi connectivity index (χ4v) is 7.09. The van der Waals surface area contributed by atoms with E-state index < -0.39 is 0 Å². The minimum absolute atomic E-state index is 0.00434. The number of fused-ring (bicyclic) bond motifs is 1. The van der Waals surface area contributed by atoms with Gasteiger partial charge < -0.3 is 4.90 Å². The molecular formula is C45H26N6S. The second kappa shape index (κ2) is 14.9. The predicted molar refractivity (Wildman–Crippen MR) is 207 cm³/mol. The van der Waals surface area contributed by atoms with E-state index in [1.54, 1.807) is 23.5 Å². The molecule has 0 unspecified atom stereocenters. The van der Waals surface area contributed by atoms with Gasteiger partial charge in [-0.25, -0.2) is 4.98 Å². The Bertz CT molecular complexity index is 2630. The van der Waals surface area contributed by atoms with Crippen molar-refractivity contribution in [2.45, 2.75) is 0 Å². The van der Waals surface area contributed by atoms with E-state index in [1.807, 2.05) is 133 Å². The normalized spacial score (nSPS) is 10.2. The van der Waals surface area contributed by atoms with Crippen LogP contribution in [0.4, 0.5) is 17.1 Å². The average Bonchev–Trinajstić information content (AvgIpc) is 3.65. The van der Waals surface area contributed by atoms with E-state index in [0.29, 0.717) is 27.1 Å². The minimum atomic E-state index is -0.0487. The van der Waals surface area contributed by atoms with Crippen LogP contribution in [0.15, 0.2) is 163 Å². The van der Waals surface area contributed by atoms with Gasteiger partial charge in [-0.3, -0.25) is 0 Å². The lowest BCUT2D eigenvalue weighted by Gasteiger charge is -2.25. The van der Waals surface area contributed by atoms with Crippen molar-refractivity contribution in [3.8, 4) is 34.8 Å². The van der Waals surface area contributed by atoms with Crippen molar-refractivity contribution in [2.75, 3.05) is 4.90 Å². The summed E-state index contributed by atoms with van der Waals surface area (Å²) in [6.07, 6.45) is 0. The van der Waals surface area contributed by atoms with Crippen LogP contribution in [0.3, 0.4) is 0 Å². The summed E-state index contributed by atoms with van der Waals surface area (Å²) in [6.45, 7) is 0. The summed E-state index contributed by atoms with van der Waals surface area (Å²) in [5, 5.41) is 41.7. The van der Waals surface area contributed by atoms with Crippen LogP contribution in [0.2, 0.25) is 0 Å². The fraction of sp³-hybridized carbons (Fsp3) is 0. The molecule has 0 spiro atoms. The molecule has 0 radical (unpaired) electrons. The largest absolute Gasteiger partial charge is 0.311 e. The lowest BCUT2D eigenvalue weighted by Crippen LogP contribution is -2.15. The topological polar surface area (TPSA) is 111 Å². The Morgan fingerprint density at radius 3 is 1.58 bits per heavy atom. The van der Waals surface area contributed by atoms with Crippen LogP contribution in [0.5, 0.6) is 0 Å². The summed E-state index contributed by atoms with van der Waals surface area (Å²) in [5.41, 5.74) is 7.29. The molecule has 1 heterocycles. The van der Waals surface area contributed by atoms with Gasteiger partial charge in [-0.05, 0) is 70.4 Å². The molecule has 0 saturated heterocycles. The number of benzene rings is 6. The third-order valence-electron chi connectivity index (χ3n) is 8.57. The highest BCUT2D eigenvalue weighted by Crippen LogP contribution is 2.38. The second-order valence-corrected chi connectivity index (χ2v) is 12.7. The van der Waals surface area contributed by atoms with Gasteiger partial charge in [0.2, 0.25) is 0 Å². The quantitative estimate of drug-likeness (QED) is 0.155. The van der Waals surface area contributed by atoms with Crippen LogP contribution in [-0.2, 0) is 0 Å². The summed E-state index contributed by atoms with van der Waals surface area (Å²) < 4.78 is 1.09. The molecular weight excluding hydrogens is 657 g/mol. The summed E-state index contributed by atoms with van der Waals surface area (Å²) in [5.74, 6) is 0. The molecule has 52 heavy (non-hydrogen) atoms. The number of hydrogen-bond acceptors (Lipinski definition) is 7. The van der Waals surface area contributed by atoms with Gasteiger partial charge in [0.05, 0.1) is 10.2 Å². The highest BCUT2D eigenvalue weighted by Gasteiger charge is 2.20. The summed E-state index contributed by atoms with van der Waals surface area (Å²) in [7, 11) is 0. The molecule has 0 aliphatic rings. The van der Waals surface area contributed by atoms with E-state index in [2.05, 4.69) is 41.3 Å². The molecule has 0 aliphatic carbocycles. The number of nitriles is 4. The first kappa shape index (κ1) is 33.0. The summed E-state index contributed by atoms with van der Waals surface area (Å²) in [6, 6.07) is 59.2. The van der Waals surface area contributed by atoms with Crippen molar-refractivity contribution in [1.29, 1.82) is 21.0 Å². The Morgan fingerprint density at radius 2 is 1.02 bits per heavy atom. The van der Waals surface area contributed by atoms with E-state index in [-0.39, 0.29) is 11.1 Å². The Labute approximate surface area is 304 Å². The van der Waals surface area contributed by atoms with Gasteiger partial charge in [0.15, 0.2) is 0 Å². The number of para-hydroxylation sites is 3. The maximum atomic E-state index is 10.3. The molecule has 0 atom stereocenters. The highest BCUT2D eigenvalue weighted by molar-refractivity contribution is 7.21. The number of aromatic nitrogens is 1. The van der Waals surface area contributed by atoms with Gasteiger partial charge in [0.1, 0.15) is 40.4 Å².